The zero-order valence-corrected chi connectivity index (χ0v) is 36.9. The van der Waals surface area contributed by atoms with Crippen LogP contribution in [0.4, 0.5) is 0 Å². The van der Waals surface area contributed by atoms with Gasteiger partial charge in [0.2, 0.25) is 0 Å². The topological polar surface area (TPSA) is 210 Å². The van der Waals surface area contributed by atoms with Gasteiger partial charge in [-0.3, -0.25) is 18.6 Å². The third-order valence-corrected chi connectivity index (χ3v) is 11.1. The molecule has 13 nitrogen and oxygen atoms in total. The van der Waals surface area contributed by atoms with E-state index in [-0.39, 0.29) is 12.8 Å². The summed E-state index contributed by atoms with van der Waals surface area (Å²) in [5, 5.41) is 50.1. The van der Waals surface area contributed by atoms with E-state index in [4.69, 9.17) is 18.5 Å². The monoisotopic (exact) mass is 859 g/mol. The second-order valence-corrected chi connectivity index (χ2v) is 17.0. The van der Waals surface area contributed by atoms with Gasteiger partial charge in [0, 0.05) is 12.8 Å². The van der Waals surface area contributed by atoms with Gasteiger partial charge < -0.3 is 39.9 Å². The zero-order chi connectivity index (χ0) is 43.6. The summed E-state index contributed by atoms with van der Waals surface area (Å²) in [5.74, 6) is -1.16. The van der Waals surface area contributed by atoms with Crippen LogP contribution in [0.25, 0.3) is 0 Å². The molecule has 14 heteroatoms. The molecule has 0 radical (unpaired) electrons. The smallest absolute Gasteiger partial charge is 0.462 e. The zero-order valence-electron chi connectivity index (χ0n) is 36.0. The Labute approximate surface area is 354 Å². The van der Waals surface area contributed by atoms with Crippen LogP contribution in [0.15, 0.2) is 48.6 Å². The fraction of sp³-hybridized carbons (Fsp3) is 0.778. The van der Waals surface area contributed by atoms with Gasteiger partial charge in [-0.05, 0) is 44.9 Å². The number of ether oxygens (including phenoxy) is 2. The van der Waals surface area contributed by atoms with Crippen molar-refractivity contribution < 1.29 is 63.1 Å². The molecule has 8 atom stereocenters. The number of esters is 2. The lowest BCUT2D eigenvalue weighted by molar-refractivity contribution is -0.220. The van der Waals surface area contributed by atoms with Gasteiger partial charge in [-0.1, -0.05) is 159 Å². The number of aliphatic hydroxyl groups excluding tert-OH is 5. The Morgan fingerprint density at radius 3 is 1.44 bits per heavy atom. The number of carbonyl (C=O) groups is 2. The Hall–Kier alpha value is -2.19. The first-order valence-corrected chi connectivity index (χ1v) is 23.9. The SMILES string of the molecule is CCC/C=C\C/C=C\C/C=C\C/C=C\CCCC(=O)O[C@H](COC(=O)CCCCCCCCCCCCCCCCC)COP(=O)(O)OC1[C@H](O)[C@H](O)C(O)[C@H](O)[C@H]1O. The van der Waals surface area contributed by atoms with Crippen LogP contribution in [0.1, 0.15) is 168 Å². The summed E-state index contributed by atoms with van der Waals surface area (Å²) in [6.07, 6.45) is 27.5. The summed E-state index contributed by atoms with van der Waals surface area (Å²) in [7, 11) is -5.13. The Balaban J connectivity index is 2.51. The van der Waals surface area contributed by atoms with Crippen molar-refractivity contribution in [3.63, 3.8) is 0 Å². The number of phosphoric ester groups is 1. The molecule has 0 aromatic heterocycles. The lowest BCUT2D eigenvalue weighted by Crippen LogP contribution is -2.64. The fourth-order valence-corrected chi connectivity index (χ4v) is 7.49. The van der Waals surface area contributed by atoms with Crippen LogP contribution in [0.3, 0.4) is 0 Å². The minimum Gasteiger partial charge on any atom is -0.462 e. The molecule has 59 heavy (non-hydrogen) atoms. The number of hydrogen-bond acceptors (Lipinski definition) is 12. The summed E-state index contributed by atoms with van der Waals surface area (Å²) in [6.45, 7) is 3.18. The summed E-state index contributed by atoms with van der Waals surface area (Å²) < 4.78 is 33.4. The summed E-state index contributed by atoms with van der Waals surface area (Å²) in [5.41, 5.74) is 0. The van der Waals surface area contributed by atoms with Crippen LogP contribution < -0.4 is 0 Å². The number of carbonyl (C=O) groups excluding carboxylic acids is 2. The third-order valence-electron chi connectivity index (χ3n) is 10.2. The summed E-state index contributed by atoms with van der Waals surface area (Å²) in [6, 6.07) is 0. The Bertz CT molecular complexity index is 1220. The van der Waals surface area contributed by atoms with Crippen molar-refractivity contribution in [3.05, 3.63) is 48.6 Å². The van der Waals surface area contributed by atoms with Crippen LogP contribution in [-0.4, -0.2) is 98.3 Å². The van der Waals surface area contributed by atoms with Crippen molar-refractivity contribution in [1.82, 2.24) is 0 Å². The molecule has 0 aromatic carbocycles. The highest BCUT2D eigenvalue weighted by Crippen LogP contribution is 2.47. The van der Waals surface area contributed by atoms with Crippen LogP contribution in [-0.2, 0) is 32.7 Å². The molecule has 0 amide bonds. The van der Waals surface area contributed by atoms with E-state index < -0.39 is 75.7 Å². The van der Waals surface area contributed by atoms with Gasteiger partial charge in [-0.15, -0.1) is 0 Å². The van der Waals surface area contributed by atoms with Crippen molar-refractivity contribution in [2.45, 2.75) is 211 Å². The van der Waals surface area contributed by atoms with Crippen LogP contribution in [0, 0.1) is 0 Å². The standard InChI is InChI=1S/C45H79O13P/c1-3-5-7-9-11-13-15-17-19-21-23-25-27-29-31-33-38(46)55-35-37(36-56-59(53,54)58-45-43(51)41(49)40(48)42(50)44(45)52)57-39(47)34-32-30-28-26-24-22-20-18-16-14-12-10-8-6-4-2/h8,10,14,16,20,22,26,28,37,40-45,48-52H,3-7,9,11-13,15,17-19,21,23-25,27,29-36H2,1-2H3,(H,53,54)/b10-8-,16-14-,22-20-,28-26-/t37-,40?,41-,42+,43-,44-,45?/m1/s1. The molecule has 0 spiro atoms. The molecule has 342 valence electrons. The predicted molar refractivity (Wildman–Crippen MR) is 230 cm³/mol. The average Bonchev–Trinajstić information content (AvgIpc) is 3.21. The molecule has 0 aromatic rings. The van der Waals surface area contributed by atoms with Gasteiger partial charge in [0.05, 0.1) is 6.61 Å². The maximum absolute atomic E-state index is 12.8. The fourth-order valence-electron chi connectivity index (χ4n) is 6.52. The Kier molecular flexibility index (Phi) is 32.9. The second kappa shape index (κ2) is 35.4. The van der Waals surface area contributed by atoms with Gasteiger partial charge in [-0.25, -0.2) is 4.57 Å². The van der Waals surface area contributed by atoms with E-state index in [0.717, 1.165) is 51.4 Å². The van der Waals surface area contributed by atoms with E-state index >= 15 is 0 Å². The van der Waals surface area contributed by atoms with Crippen LogP contribution in [0.5, 0.6) is 0 Å². The quantitative estimate of drug-likeness (QED) is 0.0152. The lowest BCUT2D eigenvalue weighted by atomic mass is 9.85. The van der Waals surface area contributed by atoms with Gasteiger partial charge >= 0.3 is 19.8 Å². The highest BCUT2D eigenvalue weighted by atomic mass is 31.2. The normalized spacial score (nSPS) is 22.8. The third kappa shape index (κ3) is 28.1. The van der Waals surface area contributed by atoms with Crippen LogP contribution in [0.2, 0.25) is 0 Å². The first-order chi connectivity index (χ1) is 28.4. The molecule has 1 fully saturated rings. The second-order valence-electron chi connectivity index (χ2n) is 15.6. The molecular weight excluding hydrogens is 779 g/mol. The van der Waals surface area contributed by atoms with Gasteiger partial charge in [-0.2, -0.15) is 0 Å². The molecule has 0 bridgehead atoms. The average molecular weight is 859 g/mol. The van der Waals surface area contributed by atoms with Crippen molar-refractivity contribution in [1.29, 1.82) is 0 Å². The number of hydrogen-bond donors (Lipinski definition) is 6. The van der Waals surface area contributed by atoms with E-state index in [9.17, 15) is 44.6 Å². The molecular formula is C45H79O13P. The molecule has 6 N–H and O–H groups in total. The van der Waals surface area contributed by atoms with Crippen molar-refractivity contribution in [3.8, 4) is 0 Å². The van der Waals surface area contributed by atoms with E-state index in [1.807, 2.05) is 12.2 Å². The van der Waals surface area contributed by atoms with Crippen molar-refractivity contribution in [2.24, 2.45) is 0 Å². The van der Waals surface area contributed by atoms with E-state index in [1.165, 1.54) is 70.6 Å². The first-order valence-electron chi connectivity index (χ1n) is 22.4. The molecule has 0 heterocycles. The number of unbranched alkanes of at least 4 members (excludes halogenated alkanes) is 16. The van der Waals surface area contributed by atoms with E-state index in [0.29, 0.717) is 19.3 Å². The minimum atomic E-state index is -5.13. The number of allylic oxidation sites excluding steroid dienone is 8. The molecule has 1 aliphatic rings. The maximum atomic E-state index is 12.8. The molecule has 1 saturated carbocycles. The molecule has 3 unspecified atom stereocenters. The number of phosphoric acid groups is 1. The maximum Gasteiger partial charge on any atom is 0.472 e. The van der Waals surface area contributed by atoms with Crippen LogP contribution >= 0.6 is 7.82 Å². The predicted octanol–water partition coefficient (Wildman–Crippen LogP) is 8.39. The van der Waals surface area contributed by atoms with E-state index in [1.54, 1.807) is 0 Å². The van der Waals surface area contributed by atoms with Crippen molar-refractivity contribution >= 4 is 19.8 Å². The number of aliphatic hydroxyl groups is 5. The van der Waals surface area contributed by atoms with Gasteiger partial charge in [0.15, 0.2) is 6.10 Å². The molecule has 1 rings (SSSR count). The summed E-state index contributed by atoms with van der Waals surface area (Å²) in [4.78, 5) is 35.6. The highest BCUT2D eigenvalue weighted by Gasteiger charge is 2.51. The Morgan fingerprint density at radius 1 is 0.525 bits per heavy atom. The largest absolute Gasteiger partial charge is 0.472 e. The molecule has 0 saturated heterocycles. The van der Waals surface area contributed by atoms with Crippen molar-refractivity contribution in [2.75, 3.05) is 13.2 Å². The van der Waals surface area contributed by atoms with E-state index in [2.05, 4.69) is 50.3 Å². The molecule has 0 aliphatic heterocycles. The highest BCUT2D eigenvalue weighted by molar-refractivity contribution is 7.47. The summed E-state index contributed by atoms with van der Waals surface area (Å²) >= 11 is 0. The molecule has 1 aliphatic carbocycles. The first kappa shape index (κ1) is 54.8. The Morgan fingerprint density at radius 2 is 0.949 bits per heavy atom. The van der Waals surface area contributed by atoms with Gasteiger partial charge in [0.1, 0.15) is 43.2 Å². The van der Waals surface area contributed by atoms with Gasteiger partial charge in [0.25, 0.3) is 0 Å². The minimum absolute atomic E-state index is 0.0209. The lowest BCUT2D eigenvalue weighted by Gasteiger charge is -2.41. The number of rotatable bonds is 36.